The molecule has 11 N–H and O–H groups in total. The van der Waals surface area contributed by atoms with Crippen LogP contribution in [0.1, 0.15) is 257 Å². The molecule has 12 rings (SSSR count). The normalized spacial score (nSPS) is 17.6. The van der Waals surface area contributed by atoms with Crippen LogP contribution in [0.4, 0.5) is 0 Å². The summed E-state index contributed by atoms with van der Waals surface area (Å²) in [6.07, 6.45) is 3.92. The molecule has 36 nitrogen and oxygen atoms in total. The molecule has 4 aliphatic heterocycles. The van der Waals surface area contributed by atoms with Gasteiger partial charge in [0.1, 0.15) is 22.8 Å². The van der Waals surface area contributed by atoms with E-state index in [-0.39, 0.29) is 104 Å². The molecule has 0 radical (unpaired) electrons. The zero-order valence-electron chi connectivity index (χ0n) is 75.5. The van der Waals surface area contributed by atoms with Gasteiger partial charge in [0, 0.05) is 102 Å². The number of primary amides is 1. The number of aliphatic hydroxyl groups is 3. The predicted octanol–water partition coefficient (Wildman–Crippen LogP) is 10.7. The minimum atomic E-state index is -3.38. The fourth-order valence-corrected chi connectivity index (χ4v) is 14.5. The van der Waals surface area contributed by atoms with Gasteiger partial charge < -0.3 is 94.5 Å². The Bertz CT molecular complexity index is 5020. The minimum absolute atomic E-state index is 0. The highest BCUT2D eigenvalue weighted by Crippen LogP contribution is 2.32. The molecule has 1 unspecified atom stereocenters. The fraction of sp³-hybridized carbons (Fsp3) is 0.528. The second kappa shape index (κ2) is 55.9. The zero-order chi connectivity index (χ0) is 94.2. The smallest absolute Gasteiger partial charge is 0.354 e. The molecule has 9 atom stereocenters. The highest BCUT2D eigenvalue weighted by molar-refractivity contribution is 7.84. The number of amides is 3. The van der Waals surface area contributed by atoms with Gasteiger partial charge in [0.15, 0.2) is 0 Å². The third kappa shape index (κ3) is 35.6. The van der Waals surface area contributed by atoms with Crippen molar-refractivity contribution < 1.29 is 118 Å². The molecule has 8 aromatic rings. The number of carbonyl (C=O) groups is 10. The Hall–Kier alpha value is -10.5. The van der Waals surface area contributed by atoms with Crippen LogP contribution in [0.3, 0.4) is 0 Å². The number of nitrogens with zero attached hydrogens (tertiary/aromatic N) is 5. The number of fused-ring (bicyclic) bond motifs is 8. The first kappa shape index (κ1) is 111. The molecule has 0 bridgehead atoms. The lowest BCUT2D eigenvalue weighted by Crippen LogP contribution is -2.38. The van der Waals surface area contributed by atoms with E-state index < -0.39 is 51.6 Å². The largest absolute Gasteiger partial charge is 0.478 e. The summed E-state index contributed by atoms with van der Waals surface area (Å²) in [6.45, 7) is 31.8. The van der Waals surface area contributed by atoms with E-state index in [1.807, 2.05) is 78.0 Å². The van der Waals surface area contributed by atoms with Gasteiger partial charge in [0.2, 0.25) is 17.2 Å². The molecule has 4 aliphatic rings. The number of hydrogen-bond donors (Lipinski definition) is 10. The summed E-state index contributed by atoms with van der Waals surface area (Å²) in [4.78, 5) is 118. The number of hydrogen-bond acceptors (Lipinski definition) is 26. The quantitative estimate of drug-likeness (QED) is 0.0210. The Morgan fingerprint density at radius 2 is 0.961 bits per heavy atom. The third-order valence-corrected chi connectivity index (χ3v) is 21.9. The van der Waals surface area contributed by atoms with Gasteiger partial charge in [0.05, 0.1) is 105 Å². The van der Waals surface area contributed by atoms with E-state index in [2.05, 4.69) is 49.0 Å². The topological polar surface area (TPSA) is 488 Å². The molecular weight excluding hydrogens is 1690 g/mol. The maximum absolute atomic E-state index is 12.4. The van der Waals surface area contributed by atoms with Crippen molar-refractivity contribution in [1.82, 2.24) is 48.6 Å². The van der Waals surface area contributed by atoms with E-state index in [1.54, 1.807) is 134 Å². The van der Waals surface area contributed by atoms with Crippen LogP contribution in [-0.4, -0.2) is 257 Å². The van der Waals surface area contributed by atoms with Crippen molar-refractivity contribution in [3.63, 3.8) is 0 Å². The summed E-state index contributed by atoms with van der Waals surface area (Å²) in [5.74, 6) is -3.75. The molecule has 0 spiro atoms. The van der Waals surface area contributed by atoms with Crippen LogP contribution in [-0.2, 0) is 67.9 Å². The molecule has 38 heteroatoms. The van der Waals surface area contributed by atoms with Crippen molar-refractivity contribution >= 4 is 125 Å². The van der Waals surface area contributed by atoms with Gasteiger partial charge in [-0.15, -0.1) is 0 Å². The van der Waals surface area contributed by atoms with Crippen LogP contribution < -0.4 is 27.0 Å². The van der Waals surface area contributed by atoms with Gasteiger partial charge >= 0.3 is 52.1 Å². The number of carboxylic acid groups (broad SMARTS) is 1. The van der Waals surface area contributed by atoms with E-state index in [1.165, 1.54) is 18.3 Å². The number of aliphatic hydroxyl groups excluding tert-OH is 3. The van der Waals surface area contributed by atoms with Gasteiger partial charge in [0.25, 0.3) is 11.8 Å². The van der Waals surface area contributed by atoms with Crippen molar-refractivity contribution in [1.29, 1.82) is 0 Å². The van der Waals surface area contributed by atoms with Crippen molar-refractivity contribution in [2.45, 2.75) is 204 Å². The molecule has 0 saturated carbocycles. The molecule has 2 saturated heterocycles. The summed E-state index contributed by atoms with van der Waals surface area (Å²) >= 11 is -1.18. The van der Waals surface area contributed by atoms with E-state index in [0.29, 0.717) is 104 Å². The van der Waals surface area contributed by atoms with E-state index in [0.717, 1.165) is 96.3 Å². The Kier molecular flexibility index (Phi) is 48.7. The van der Waals surface area contributed by atoms with Crippen molar-refractivity contribution in [2.24, 2.45) is 5.73 Å². The lowest BCUT2D eigenvalue weighted by molar-refractivity contribution is -0.145. The number of nitrogens with one attached hydrogen (secondary N) is 5. The average molecular weight is 1820 g/mol. The number of esters is 6. The van der Waals surface area contributed by atoms with Crippen molar-refractivity contribution in [3.05, 3.63) is 142 Å². The Morgan fingerprint density at radius 3 is 1.37 bits per heavy atom. The Labute approximate surface area is 746 Å². The second-order valence-corrected chi connectivity index (χ2v) is 32.7. The Balaban J connectivity index is 0.000000381. The summed E-state index contributed by atoms with van der Waals surface area (Å²) in [7, 11) is 3.70. The molecule has 706 valence electrons. The van der Waals surface area contributed by atoms with E-state index in [9.17, 15) is 60.6 Å². The van der Waals surface area contributed by atoms with Gasteiger partial charge in [-0.1, -0.05) is 31.7 Å². The lowest BCUT2D eigenvalue weighted by atomic mass is 10.1. The summed E-state index contributed by atoms with van der Waals surface area (Å²) in [5.41, 5.74) is 11.7. The molecule has 2 fully saturated rings. The van der Waals surface area contributed by atoms with E-state index >= 15 is 0 Å². The SMILES string of the molecule is C.CCOC(=O)C[C@@H](C)O.CCOC(=O)c1ccc2cc(C(=O)OCC)[nH]c2c1.CCOC(=O)c1ccc2cc(C(=O)OCC)n([C@@H](C)CCNC)c2c1.CCOC(=O)c1ccc2cc3n(c2c1)[C@@H](C)CCNC3=O.CNCC[C@@H](C)O.C[C@@H](O)CC(N)=O.C[C@@H]1CCN(C)S(=O)O1.C[C@H]1CCN(C)S(=O)(=O)O1.C[C@H]1CCNC(=O)c2cc3ccc(C(=O)O)cc3n21. The van der Waals surface area contributed by atoms with Crippen LogP contribution in [0, 0.1) is 0 Å². The zero-order valence-corrected chi connectivity index (χ0v) is 77.1. The first-order valence-electron chi connectivity index (χ1n) is 42.1. The van der Waals surface area contributed by atoms with Crippen LogP contribution in [0.25, 0.3) is 43.6 Å². The van der Waals surface area contributed by atoms with Gasteiger partial charge in [-0.3, -0.25) is 27.5 Å². The number of aromatic carboxylic acids is 1. The van der Waals surface area contributed by atoms with Gasteiger partial charge in [-0.25, -0.2) is 37.3 Å². The van der Waals surface area contributed by atoms with E-state index in [4.69, 9.17) is 54.0 Å². The van der Waals surface area contributed by atoms with Gasteiger partial charge in [-0.2, -0.15) is 12.7 Å². The fourth-order valence-electron chi connectivity index (χ4n) is 12.7. The predicted molar refractivity (Wildman–Crippen MR) is 485 cm³/mol. The summed E-state index contributed by atoms with van der Waals surface area (Å²) < 4.78 is 80.8. The molecule has 4 aromatic carbocycles. The minimum Gasteiger partial charge on any atom is -0.478 e. The van der Waals surface area contributed by atoms with Crippen molar-refractivity contribution in [2.75, 3.05) is 107 Å². The highest BCUT2D eigenvalue weighted by atomic mass is 32.2. The van der Waals surface area contributed by atoms with Crippen molar-refractivity contribution in [3.8, 4) is 0 Å². The molecular formula is C89H133N11O25S2. The number of carboxylic acids is 1. The molecule has 127 heavy (non-hydrogen) atoms. The number of aromatic nitrogens is 4. The number of ether oxygens (including phenoxy) is 6. The maximum Gasteiger partial charge on any atom is 0.354 e. The first-order valence-corrected chi connectivity index (χ1v) is 44.5. The maximum atomic E-state index is 12.4. The van der Waals surface area contributed by atoms with Crippen LogP contribution in [0.2, 0.25) is 0 Å². The van der Waals surface area contributed by atoms with Gasteiger partial charge in [-0.05, 0) is 235 Å². The standard InChI is InChI=1S/C19H26N2O4.C16H18N2O3.C14H14N2O3.C14H15NO4.C6H12O3.C5H11NO3S.C5H11NO2S.C5H13NO.C4H9NO2.CH4/c1-5-24-18(22)15-8-7-14-11-17(19(23)25-6-2)21(16(14)12-15)13(3)9-10-20-4;1-3-21-16(20)12-5-4-11-8-14-15(19)17-7-6-10(2)18(14)13(11)9-12;1-8-4-5-15-13(17)12-6-9-2-3-10(14(18)19)7-11(9)16(8)12;1-3-18-13(16)10-6-5-9-7-12(14(17)19-4-2)15-11(9)8-10;1-3-9-6(8)4-5(2)7;1-5-3-4-6(2)10(7,8)9-5;1-5-3-4-6(2)9(7)8-5;1-5(7)3-4-6-2;1-3(6)2-4(5)7;/h7-8,11-13,20H,5-6,9-10H2,1-4H3;4-5,8-10H,3,6-7H2,1-2H3,(H,17,19);2-3,6-8H,4-5H2,1H3,(H,15,17)(H,18,19);5-8,15H,3-4H2,1-2H3;5,7H,3-4H2,1-2H3;5H,3-4H2,1-2H3;5H,3-4H2,1-2H3;5-7H,3-4H2,1-2H3;3,6H,2H2,1H3,(H2,5,7);1H4/t13-;10-;8-;;2*5-;5-,9?;5-;3-;/m000.10111./s1. The molecule has 4 aromatic heterocycles. The summed E-state index contributed by atoms with van der Waals surface area (Å²) in [5, 5.41) is 50.2. The average Bonchev–Trinajstić information content (AvgIpc) is 1.63. The number of rotatable bonds is 23. The van der Waals surface area contributed by atoms with Crippen LogP contribution >= 0.6 is 0 Å². The monoisotopic (exact) mass is 1820 g/mol. The van der Waals surface area contributed by atoms with Crippen LogP contribution in [0.5, 0.6) is 0 Å². The highest BCUT2D eigenvalue weighted by Gasteiger charge is 2.30. The molecule has 0 aliphatic carbocycles. The molecule has 3 amide bonds. The number of carbonyl (C=O) groups excluding carboxylic acids is 9. The second-order valence-electron chi connectivity index (χ2n) is 29.8. The summed E-state index contributed by atoms with van der Waals surface area (Å²) in [6, 6.07) is 28.4. The number of nitrogens with two attached hydrogens (primary N) is 1. The third-order valence-electron chi connectivity index (χ3n) is 19.1. The lowest BCUT2D eigenvalue weighted by Gasteiger charge is -2.25. The van der Waals surface area contributed by atoms with Crippen LogP contribution in [0.15, 0.2) is 97.1 Å². The number of benzene rings is 4. The molecule has 8 heterocycles. The first-order chi connectivity index (χ1) is 59.6. The number of aromatic amines is 1. The number of H-pyrrole nitrogens is 1. The Morgan fingerprint density at radius 1 is 0.535 bits per heavy atom.